The number of halogens is 1. The first-order chi connectivity index (χ1) is 9.22. The first-order valence-corrected chi connectivity index (χ1v) is 7.12. The third-order valence-electron chi connectivity index (χ3n) is 2.57. The Morgan fingerprint density at radius 1 is 1.21 bits per heavy atom. The van der Waals surface area contributed by atoms with E-state index in [0.29, 0.717) is 19.0 Å². The van der Waals surface area contributed by atoms with Crippen LogP contribution in [0.2, 0.25) is 0 Å². The highest BCUT2D eigenvalue weighted by Crippen LogP contribution is 2.19. The summed E-state index contributed by atoms with van der Waals surface area (Å²) in [5.41, 5.74) is 0. The summed E-state index contributed by atoms with van der Waals surface area (Å²) in [6, 6.07) is 4.16. The molecule has 2 aromatic rings. The lowest BCUT2D eigenvalue weighted by atomic mass is 10.3. The van der Waals surface area contributed by atoms with Crippen LogP contribution in [0.1, 0.15) is 23.6 Å². The average Bonchev–Trinajstić information content (AvgIpc) is 2.88. The molecule has 0 fully saturated rings. The van der Waals surface area contributed by atoms with E-state index in [1.54, 1.807) is 11.3 Å². The van der Waals surface area contributed by atoms with Crippen molar-refractivity contribution in [2.45, 2.75) is 26.8 Å². The zero-order chi connectivity index (χ0) is 13.7. The van der Waals surface area contributed by atoms with Crippen LogP contribution in [0.25, 0.3) is 0 Å². The summed E-state index contributed by atoms with van der Waals surface area (Å²) in [5, 5.41) is 5.97. The fraction of sp³-hybridized carbons (Fsp3) is 0.385. The Bertz CT molecular complexity index is 541. The molecule has 0 saturated carbocycles. The lowest BCUT2D eigenvalue weighted by molar-refractivity contribution is 0.617. The lowest BCUT2D eigenvalue weighted by Gasteiger charge is -2.07. The van der Waals surface area contributed by atoms with Gasteiger partial charge in [-0.15, -0.1) is 11.3 Å². The number of hydrogen-bond acceptors (Lipinski definition) is 5. The molecule has 2 N–H and O–H groups in total. The van der Waals surface area contributed by atoms with E-state index in [2.05, 4.69) is 39.7 Å². The zero-order valence-electron chi connectivity index (χ0n) is 11.0. The smallest absolute Gasteiger partial charge is 0.224 e. The molecular formula is C13H17FN4S. The van der Waals surface area contributed by atoms with E-state index < -0.39 is 5.82 Å². The number of anilines is 2. The van der Waals surface area contributed by atoms with Gasteiger partial charge in [-0.1, -0.05) is 6.92 Å². The van der Waals surface area contributed by atoms with Crippen LogP contribution in [-0.4, -0.2) is 16.5 Å². The van der Waals surface area contributed by atoms with Gasteiger partial charge in [0.05, 0.1) is 12.7 Å². The maximum Gasteiger partial charge on any atom is 0.224 e. The summed E-state index contributed by atoms with van der Waals surface area (Å²) < 4.78 is 13.6. The average molecular weight is 280 g/mol. The van der Waals surface area contributed by atoms with Crippen LogP contribution in [0.15, 0.2) is 18.3 Å². The van der Waals surface area contributed by atoms with Gasteiger partial charge in [-0.3, -0.25) is 0 Å². The van der Waals surface area contributed by atoms with Gasteiger partial charge in [0.2, 0.25) is 5.95 Å². The highest BCUT2D eigenvalue weighted by molar-refractivity contribution is 7.12. The highest BCUT2D eigenvalue weighted by Gasteiger charge is 2.07. The normalized spacial score (nSPS) is 10.5. The summed E-state index contributed by atoms with van der Waals surface area (Å²) in [4.78, 5) is 10.5. The first-order valence-electron chi connectivity index (χ1n) is 6.30. The van der Waals surface area contributed by atoms with Crippen LogP contribution in [0.5, 0.6) is 0 Å². The molecule has 2 heterocycles. The summed E-state index contributed by atoms with van der Waals surface area (Å²) in [6.07, 6.45) is 2.20. The van der Waals surface area contributed by atoms with E-state index in [0.717, 1.165) is 6.42 Å². The Balaban J connectivity index is 2.03. The van der Waals surface area contributed by atoms with E-state index in [1.807, 2.05) is 6.92 Å². The number of rotatable bonds is 6. The van der Waals surface area contributed by atoms with Crippen molar-refractivity contribution >= 4 is 23.1 Å². The minimum Gasteiger partial charge on any atom is -0.363 e. The number of hydrogen-bond donors (Lipinski definition) is 2. The van der Waals surface area contributed by atoms with Crippen LogP contribution in [0.4, 0.5) is 16.2 Å². The van der Waals surface area contributed by atoms with E-state index in [-0.39, 0.29) is 5.82 Å². The molecule has 2 rings (SSSR count). The Labute approximate surface area is 116 Å². The van der Waals surface area contributed by atoms with Gasteiger partial charge in [0, 0.05) is 16.3 Å². The van der Waals surface area contributed by atoms with Crippen molar-refractivity contribution in [3.8, 4) is 0 Å². The Morgan fingerprint density at radius 2 is 2.00 bits per heavy atom. The maximum absolute atomic E-state index is 13.6. The Kier molecular flexibility index (Phi) is 4.68. The third kappa shape index (κ3) is 3.64. The Hall–Kier alpha value is -1.69. The number of thiophene rings is 1. The largest absolute Gasteiger partial charge is 0.363 e. The second-order valence-electron chi connectivity index (χ2n) is 4.00. The summed E-state index contributed by atoms with van der Waals surface area (Å²) in [5.74, 6) is 0.234. The van der Waals surface area contributed by atoms with Crippen molar-refractivity contribution in [1.82, 2.24) is 9.97 Å². The van der Waals surface area contributed by atoms with Crippen molar-refractivity contribution in [3.63, 3.8) is 0 Å². The SMILES string of the molecule is CCNc1ncc(F)c(NCc2ccc(CC)s2)n1. The predicted octanol–water partition coefficient (Wildman–Crippen LogP) is 3.28. The summed E-state index contributed by atoms with van der Waals surface area (Å²) in [7, 11) is 0. The first kappa shape index (κ1) is 13.7. The molecule has 0 bridgehead atoms. The lowest BCUT2D eigenvalue weighted by Crippen LogP contribution is -2.07. The molecule has 0 aliphatic heterocycles. The predicted molar refractivity (Wildman–Crippen MR) is 77.2 cm³/mol. The fourth-order valence-electron chi connectivity index (χ4n) is 1.61. The van der Waals surface area contributed by atoms with Crippen molar-refractivity contribution in [3.05, 3.63) is 33.9 Å². The molecule has 0 amide bonds. The van der Waals surface area contributed by atoms with Crippen LogP contribution in [0.3, 0.4) is 0 Å². The molecule has 2 aromatic heterocycles. The minimum absolute atomic E-state index is 0.234. The highest BCUT2D eigenvalue weighted by atomic mass is 32.1. The summed E-state index contributed by atoms with van der Waals surface area (Å²) >= 11 is 1.73. The number of nitrogens with zero attached hydrogens (tertiary/aromatic N) is 2. The monoisotopic (exact) mass is 280 g/mol. The van der Waals surface area contributed by atoms with Gasteiger partial charge in [-0.25, -0.2) is 9.37 Å². The van der Waals surface area contributed by atoms with Crippen LogP contribution in [-0.2, 0) is 13.0 Å². The summed E-state index contributed by atoms with van der Waals surface area (Å²) in [6.45, 7) is 5.34. The van der Waals surface area contributed by atoms with Crippen molar-refractivity contribution < 1.29 is 4.39 Å². The van der Waals surface area contributed by atoms with Gasteiger partial charge in [-0.2, -0.15) is 4.98 Å². The molecule has 0 radical (unpaired) electrons. The fourth-order valence-corrected chi connectivity index (χ4v) is 2.51. The molecule has 0 aliphatic rings. The van der Waals surface area contributed by atoms with Gasteiger partial charge in [0.25, 0.3) is 0 Å². The molecule has 0 spiro atoms. The molecule has 6 heteroatoms. The second-order valence-corrected chi connectivity index (χ2v) is 5.25. The molecule has 19 heavy (non-hydrogen) atoms. The number of aryl methyl sites for hydroxylation is 1. The van der Waals surface area contributed by atoms with Crippen molar-refractivity contribution in [2.24, 2.45) is 0 Å². The van der Waals surface area contributed by atoms with Gasteiger partial charge < -0.3 is 10.6 Å². The van der Waals surface area contributed by atoms with E-state index in [1.165, 1.54) is 16.0 Å². The van der Waals surface area contributed by atoms with Crippen LogP contribution < -0.4 is 10.6 Å². The van der Waals surface area contributed by atoms with Crippen molar-refractivity contribution in [2.75, 3.05) is 17.2 Å². The zero-order valence-corrected chi connectivity index (χ0v) is 11.9. The van der Waals surface area contributed by atoms with Crippen LogP contribution >= 0.6 is 11.3 Å². The van der Waals surface area contributed by atoms with Gasteiger partial charge in [0.1, 0.15) is 0 Å². The molecule has 0 unspecified atom stereocenters. The van der Waals surface area contributed by atoms with Crippen LogP contribution in [0, 0.1) is 5.82 Å². The molecule has 0 saturated heterocycles. The van der Waals surface area contributed by atoms with Gasteiger partial charge >= 0.3 is 0 Å². The molecular weight excluding hydrogens is 263 g/mol. The molecule has 0 aromatic carbocycles. The maximum atomic E-state index is 13.6. The van der Waals surface area contributed by atoms with Gasteiger partial charge in [0.15, 0.2) is 11.6 Å². The topological polar surface area (TPSA) is 49.8 Å². The number of aromatic nitrogens is 2. The molecule has 0 aliphatic carbocycles. The molecule has 102 valence electrons. The van der Waals surface area contributed by atoms with E-state index in [9.17, 15) is 4.39 Å². The molecule has 4 nitrogen and oxygen atoms in total. The van der Waals surface area contributed by atoms with E-state index in [4.69, 9.17) is 0 Å². The quantitative estimate of drug-likeness (QED) is 0.852. The number of nitrogens with one attached hydrogen (secondary N) is 2. The third-order valence-corrected chi connectivity index (χ3v) is 3.80. The minimum atomic E-state index is -0.436. The second kappa shape index (κ2) is 6.47. The van der Waals surface area contributed by atoms with Gasteiger partial charge in [-0.05, 0) is 25.5 Å². The van der Waals surface area contributed by atoms with E-state index >= 15 is 0 Å². The van der Waals surface area contributed by atoms with Crippen molar-refractivity contribution in [1.29, 1.82) is 0 Å². The molecule has 0 atom stereocenters. The Morgan fingerprint density at radius 3 is 2.68 bits per heavy atom. The standard InChI is InChI=1S/C13H17FN4S/c1-3-9-5-6-10(19-9)7-16-12-11(14)8-17-13(18-12)15-4-2/h5-6,8H,3-4,7H2,1-2H3,(H2,15,16,17,18).